The van der Waals surface area contributed by atoms with Crippen molar-refractivity contribution in [2.24, 2.45) is 0 Å². The third kappa shape index (κ3) is 4.40. The second-order valence-electron chi connectivity index (χ2n) is 5.11. The van der Waals surface area contributed by atoms with Crippen LogP contribution in [-0.2, 0) is 17.9 Å². The topological polar surface area (TPSA) is 89.2 Å². The van der Waals surface area contributed by atoms with Gasteiger partial charge in [-0.2, -0.15) is 13.2 Å². The van der Waals surface area contributed by atoms with Crippen LogP contribution in [0.5, 0.6) is 0 Å². The molecule has 25 heavy (non-hydrogen) atoms. The number of carbonyl (C=O) groups excluding carboxylic acids is 1. The van der Waals surface area contributed by atoms with Gasteiger partial charge in [0.05, 0.1) is 6.54 Å². The number of nitrogens with one attached hydrogen (secondary N) is 1. The van der Waals surface area contributed by atoms with Gasteiger partial charge in [0.1, 0.15) is 6.54 Å². The fourth-order valence-corrected chi connectivity index (χ4v) is 2.14. The molecule has 0 saturated heterocycles. The molecule has 2 rings (SSSR count). The molecule has 0 unspecified atom stereocenters. The number of halogens is 4. The molecule has 1 heterocycles. The fourth-order valence-electron chi connectivity index (χ4n) is 2.01. The summed E-state index contributed by atoms with van der Waals surface area (Å²) in [5, 5.41) is 15.9. The van der Waals surface area contributed by atoms with Crippen LogP contribution in [0.4, 0.5) is 13.2 Å². The van der Waals surface area contributed by atoms with Crippen molar-refractivity contribution in [3.05, 3.63) is 39.8 Å². The monoisotopic (exact) mass is 378 g/mol. The Morgan fingerprint density at radius 1 is 1.36 bits per heavy atom. The van der Waals surface area contributed by atoms with Gasteiger partial charge in [-0.15, -0.1) is 5.10 Å². The second-order valence-corrected chi connectivity index (χ2v) is 5.55. The zero-order valence-corrected chi connectivity index (χ0v) is 13.7. The lowest BCUT2D eigenvalue weighted by molar-refractivity contribution is -0.207. The summed E-state index contributed by atoms with van der Waals surface area (Å²) in [4.78, 5) is 23.8. The number of hydrogen-bond donors (Lipinski definition) is 2. The smallest absolute Gasteiger partial charge is 0.382 e. The number of nitrogens with zero attached hydrogens (tertiary/aromatic N) is 3. The van der Waals surface area contributed by atoms with E-state index in [1.165, 1.54) is 31.3 Å². The number of rotatable bonds is 5. The van der Waals surface area contributed by atoms with E-state index in [4.69, 9.17) is 11.6 Å². The molecule has 0 aliphatic heterocycles. The first-order valence-electron chi connectivity index (χ1n) is 7.02. The van der Waals surface area contributed by atoms with Crippen LogP contribution in [0.2, 0.25) is 5.02 Å². The number of aromatic nitrogens is 3. The predicted octanol–water partition coefficient (Wildman–Crippen LogP) is 1.03. The van der Waals surface area contributed by atoms with Crippen molar-refractivity contribution in [1.82, 2.24) is 19.7 Å². The first-order valence-corrected chi connectivity index (χ1v) is 7.40. The standard InChI is InChI=1S/C14H14ClF3N4O3/c1-19-11(24)7-22-13(25)21(6-10(23)14(16,17)18)12(20-22)8-2-4-9(15)5-3-8/h2-5,10,23H,6-7H2,1H3,(H,19,24)/t10-/m0/s1. The summed E-state index contributed by atoms with van der Waals surface area (Å²) < 4.78 is 39.4. The van der Waals surface area contributed by atoms with Gasteiger partial charge in [0.15, 0.2) is 11.9 Å². The van der Waals surface area contributed by atoms with E-state index in [1.54, 1.807) is 0 Å². The highest BCUT2D eigenvalue weighted by atomic mass is 35.5. The lowest BCUT2D eigenvalue weighted by Gasteiger charge is -2.15. The van der Waals surface area contributed by atoms with Crippen LogP contribution in [0.3, 0.4) is 0 Å². The zero-order chi connectivity index (χ0) is 18.8. The molecule has 1 atom stereocenters. The quantitative estimate of drug-likeness (QED) is 0.813. The normalized spacial score (nSPS) is 12.9. The van der Waals surface area contributed by atoms with Crippen LogP contribution in [0.1, 0.15) is 0 Å². The highest BCUT2D eigenvalue weighted by Gasteiger charge is 2.39. The minimum absolute atomic E-state index is 0.117. The van der Waals surface area contributed by atoms with E-state index >= 15 is 0 Å². The first-order chi connectivity index (χ1) is 11.6. The van der Waals surface area contributed by atoms with Crippen LogP contribution in [0.15, 0.2) is 29.1 Å². The van der Waals surface area contributed by atoms with Crippen LogP contribution < -0.4 is 11.0 Å². The third-order valence-corrected chi connectivity index (χ3v) is 3.58. The molecule has 0 aliphatic carbocycles. The van der Waals surface area contributed by atoms with Crippen molar-refractivity contribution in [3.8, 4) is 11.4 Å². The van der Waals surface area contributed by atoms with Gasteiger partial charge in [-0.05, 0) is 24.3 Å². The van der Waals surface area contributed by atoms with Crippen LogP contribution in [-0.4, -0.2) is 44.7 Å². The van der Waals surface area contributed by atoms with E-state index < -0.39 is 37.0 Å². The molecule has 7 nitrogen and oxygen atoms in total. The highest BCUT2D eigenvalue weighted by molar-refractivity contribution is 6.30. The molecule has 0 fully saturated rings. The van der Waals surface area contributed by atoms with E-state index in [0.29, 0.717) is 15.2 Å². The maximum Gasteiger partial charge on any atom is 0.416 e. The molecular formula is C14H14ClF3N4O3. The molecule has 1 aromatic heterocycles. The van der Waals surface area contributed by atoms with Crippen molar-refractivity contribution in [1.29, 1.82) is 0 Å². The van der Waals surface area contributed by atoms with Crippen molar-refractivity contribution >= 4 is 17.5 Å². The number of amides is 1. The third-order valence-electron chi connectivity index (χ3n) is 3.33. The summed E-state index contributed by atoms with van der Waals surface area (Å²) in [6.07, 6.45) is -7.66. The molecule has 2 N–H and O–H groups in total. The van der Waals surface area contributed by atoms with E-state index in [9.17, 15) is 27.9 Å². The number of aliphatic hydroxyl groups excluding tert-OH is 1. The van der Waals surface area contributed by atoms with Gasteiger partial charge in [-0.3, -0.25) is 9.36 Å². The van der Waals surface area contributed by atoms with Crippen LogP contribution in [0.25, 0.3) is 11.4 Å². The molecule has 0 saturated carbocycles. The van der Waals surface area contributed by atoms with Crippen molar-refractivity contribution in [2.75, 3.05) is 7.05 Å². The van der Waals surface area contributed by atoms with E-state index in [0.717, 1.165) is 4.68 Å². The summed E-state index contributed by atoms with van der Waals surface area (Å²) >= 11 is 5.77. The summed E-state index contributed by atoms with van der Waals surface area (Å²) in [6, 6.07) is 5.88. The van der Waals surface area contributed by atoms with Gasteiger partial charge in [-0.25, -0.2) is 9.48 Å². The van der Waals surface area contributed by atoms with Gasteiger partial charge < -0.3 is 10.4 Å². The second kappa shape index (κ2) is 7.28. The SMILES string of the molecule is CNC(=O)Cn1nc(-c2ccc(Cl)cc2)n(C[C@H](O)C(F)(F)F)c1=O. The first kappa shape index (κ1) is 19.0. The lowest BCUT2D eigenvalue weighted by Crippen LogP contribution is -2.38. The summed E-state index contributed by atoms with van der Waals surface area (Å²) in [5.41, 5.74) is -0.636. The number of alkyl halides is 3. The molecule has 136 valence electrons. The van der Waals surface area contributed by atoms with Gasteiger partial charge >= 0.3 is 11.9 Å². The molecular weight excluding hydrogens is 365 g/mol. The Morgan fingerprint density at radius 2 is 1.96 bits per heavy atom. The van der Waals surface area contributed by atoms with Gasteiger partial charge in [0.2, 0.25) is 5.91 Å². The molecule has 11 heteroatoms. The summed E-state index contributed by atoms with van der Waals surface area (Å²) in [5.74, 6) is -0.667. The predicted molar refractivity (Wildman–Crippen MR) is 83.1 cm³/mol. The van der Waals surface area contributed by atoms with E-state index in [1.807, 2.05) is 0 Å². The van der Waals surface area contributed by atoms with Gasteiger partial charge in [0, 0.05) is 17.6 Å². The molecule has 1 aromatic carbocycles. The number of aliphatic hydroxyl groups is 1. The molecule has 0 spiro atoms. The van der Waals surface area contributed by atoms with Crippen molar-refractivity contribution in [2.45, 2.75) is 25.4 Å². The molecule has 0 aliphatic rings. The Labute approximate surface area is 144 Å². The number of likely N-dealkylation sites (N-methyl/N-ethyl adjacent to an activating group) is 1. The lowest BCUT2D eigenvalue weighted by atomic mass is 10.2. The minimum Gasteiger partial charge on any atom is -0.382 e. The van der Waals surface area contributed by atoms with Crippen molar-refractivity contribution in [3.63, 3.8) is 0 Å². The van der Waals surface area contributed by atoms with Crippen LogP contribution >= 0.6 is 11.6 Å². The molecule has 1 amide bonds. The molecule has 0 bridgehead atoms. The Hall–Kier alpha value is -2.33. The van der Waals surface area contributed by atoms with E-state index in [-0.39, 0.29) is 5.82 Å². The Kier molecular flexibility index (Phi) is 5.53. The summed E-state index contributed by atoms with van der Waals surface area (Å²) in [7, 11) is 1.35. The largest absolute Gasteiger partial charge is 0.416 e. The Balaban J connectivity index is 2.51. The average Bonchev–Trinajstić information content (AvgIpc) is 2.84. The summed E-state index contributed by atoms with van der Waals surface area (Å²) in [6.45, 7) is -1.51. The van der Waals surface area contributed by atoms with Crippen LogP contribution in [0, 0.1) is 0 Å². The van der Waals surface area contributed by atoms with Crippen molar-refractivity contribution < 1.29 is 23.1 Å². The highest BCUT2D eigenvalue weighted by Crippen LogP contribution is 2.23. The number of carbonyl (C=O) groups is 1. The Morgan fingerprint density at radius 3 is 2.48 bits per heavy atom. The van der Waals surface area contributed by atoms with Gasteiger partial charge in [-0.1, -0.05) is 11.6 Å². The maximum absolute atomic E-state index is 12.7. The minimum atomic E-state index is -4.90. The number of benzene rings is 1. The van der Waals surface area contributed by atoms with E-state index in [2.05, 4.69) is 10.4 Å². The zero-order valence-electron chi connectivity index (χ0n) is 12.9. The molecule has 0 radical (unpaired) electrons. The average molecular weight is 379 g/mol. The fraction of sp³-hybridized carbons (Fsp3) is 0.357. The maximum atomic E-state index is 12.7. The molecule has 2 aromatic rings. The Bertz CT molecular complexity index is 814. The number of hydrogen-bond acceptors (Lipinski definition) is 4. The van der Waals surface area contributed by atoms with Gasteiger partial charge in [0.25, 0.3) is 0 Å².